The van der Waals surface area contributed by atoms with E-state index < -0.39 is 0 Å². The topological polar surface area (TPSA) is 68.0 Å². The van der Waals surface area contributed by atoms with Crippen LogP contribution in [-0.4, -0.2) is 16.1 Å². The van der Waals surface area contributed by atoms with Crippen LogP contribution in [0.3, 0.4) is 0 Å². The first-order valence-corrected chi connectivity index (χ1v) is 9.86. The zero-order valence-corrected chi connectivity index (χ0v) is 15.7. The molecule has 0 aliphatic heterocycles. The van der Waals surface area contributed by atoms with Gasteiger partial charge < -0.3 is 4.42 Å². The summed E-state index contributed by atoms with van der Waals surface area (Å²) in [6.45, 7) is 0. The molecule has 0 spiro atoms. The molecule has 4 aromatic rings. The maximum Gasteiger partial charge on any atom is 0.293 e. The Labute approximate surface area is 162 Å². The standard InChI is InChI=1S/C18H12ClN3O2S2/c19-13-7-5-11(6-8-13)10-25-18-22-21-17(26-18)20-16(23)15-9-12-3-1-2-4-14(12)24-15/h1-9H,10H2,(H,20,21,23). The minimum Gasteiger partial charge on any atom is -0.451 e. The number of fused-ring (bicyclic) bond motifs is 1. The predicted octanol–water partition coefficient (Wildman–Crippen LogP) is 5.48. The number of carbonyl (C=O) groups excluding carboxylic acids is 1. The summed E-state index contributed by atoms with van der Waals surface area (Å²) in [5.41, 5.74) is 1.82. The number of thioether (sulfide) groups is 1. The van der Waals surface area contributed by atoms with Gasteiger partial charge in [-0.05, 0) is 29.8 Å². The number of rotatable bonds is 5. The Bertz CT molecular complexity index is 1030. The number of para-hydroxylation sites is 1. The molecule has 1 N–H and O–H groups in total. The zero-order chi connectivity index (χ0) is 17.9. The third-order valence-corrected chi connectivity index (χ3v) is 5.85. The van der Waals surface area contributed by atoms with E-state index in [-0.39, 0.29) is 11.7 Å². The summed E-state index contributed by atoms with van der Waals surface area (Å²) >= 11 is 8.76. The number of carbonyl (C=O) groups is 1. The molecule has 26 heavy (non-hydrogen) atoms. The van der Waals surface area contributed by atoms with Crippen molar-refractivity contribution >= 4 is 56.7 Å². The normalized spacial score (nSPS) is 11.0. The predicted molar refractivity (Wildman–Crippen MR) is 105 cm³/mol. The number of amides is 1. The lowest BCUT2D eigenvalue weighted by atomic mass is 10.2. The first kappa shape index (κ1) is 17.1. The van der Waals surface area contributed by atoms with Gasteiger partial charge in [0.2, 0.25) is 5.13 Å². The molecular weight excluding hydrogens is 390 g/mol. The van der Waals surface area contributed by atoms with Crippen molar-refractivity contribution < 1.29 is 9.21 Å². The second kappa shape index (κ2) is 7.49. The van der Waals surface area contributed by atoms with Crippen molar-refractivity contribution in [3.05, 3.63) is 70.9 Å². The van der Waals surface area contributed by atoms with Gasteiger partial charge in [-0.15, -0.1) is 10.2 Å². The second-order valence-corrected chi connectivity index (χ2v) is 8.03. The van der Waals surface area contributed by atoms with Crippen molar-refractivity contribution in [3.8, 4) is 0 Å². The highest BCUT2D eigenvalue weighted by Crippen LogP contribution is 2.29. The molecular formula is C18H12ClN3O2S2. The van der Waals surface area contributed by atoms with E-state index in [1.807, 2.05) is 48.5 Å². The Balaban J connectivity index is 1.39. The maximum atomic E-state index is 12.3. The lowest BCUT2D eigenvalue weighted by molar-refractivity contribution is 0.0998. The smallest absolute Gasteiger partial charge is 0.293 e. The fraction of sp³-hybridized carbons (Fsp3) is 0.0556. The third-order valence-electron chi connectivity index (χ3n) is 3.55. The van der Waals surface area contributed by atoms with Crippen molar-refractivity contribution in [2.75, 3.05) is 5.32 Å². The van der Waals surface area contributed by atoms with Crippen molar-refractivity contribution in [1.29, 1.82) is 0 Å². The first-order chi connectivity index (χ1) is 12.7. The quantitative estimate of drug-likeness (QED) is 0.354. The van der Waals surface area contributed by atoms with Crippen molar-refractivity contribution in [1.82, 2.24) is 10.2 Å². The summed E-state index contributed by atoms with van der Waals surface area (Å²) in [5.74, 6) is 0.659. The molecule has 0 unspecified atom stereocenters. The summed E-state index contributed by atoms with van der Waals surface area (Å²) in [7, 11) is 0. The van der Waals surface area contributed by atoms with Crippen LogP contribution in [0.2, 0.25) is 5.02 Å². The molecule has 2 aromatic heterocycles. The van der Waals surface area contributed by atoms with Crippen molar-refractivity contribution in [3.63, 3.8) is 0 Å². The lowest BCUT2D eigenvalue weighted by Crippen LogP contribution is -2.10. The Kier molecular flexibility index (Phi) is 4.92. The molecule has 0 saturated heterocycles. The summed E-state index contributed by atoms with van der Waals surface area (Å²) in [6, 6.07) is 16.8. The number of aromatic nitrogens is 2. The third kappa shape index (κ3) is 3.90. The van der Waals surface area contributed by atoms with Gasteiger partial charge in [-0.2, -0.15) is 0 Å². The molecule has 0 bridgehead atoms. The molecule has 5 nitrogen and oxygen atoms in total. The molecule has 4 rings (SSSR count). The van der Waals surface area contributed by atoms with Gasteiger partial charge in [-0.1, -0.05) is 65.0 Å². The number of furan rings is 1. The first-order valence-electron chi connectivity index (χ1n) is 7.68. The number of hydrogen-bond acceptors (Lipinski definition) is 6. The van der Waals surface area contributed by atoms with Gasteiger partial charge in [0.1, 0.15) is 5.58 Å². The Morgan fingerprint density at radius 2 is 1.96 bits per heavy atom. The minimum atomic E-state index is -0.341. The molecule has 130 valence electrons. The molecule has 8 heteroatoms. The molecule has 0 aliphatic carbocycles. The number of hydrogen-bond donors (Lipinski definition) is 1. The van der Waals surface area contributed by atoms with Crippen LogP contribution < -0.4 is 5.32 Å². The Morgan fingerprint density at radius 3 is 2.77 bits per heavy atom. The largest absolute Gasteiger partial charge is 0.451 e. The number of anilines is 1. The number of benzene rings is 2. The van der Waals surface area contributed by atoms with Crippen LogP contribution in [0.5, 0.6) is 0 Å². The second-order valence-electron chi connectivity index (χ2n) is 5.39. The molecule has 0 aliphatic rings. The van der Waals surface area contributed by atoms with Gasteiger partial charge in [0.05, 0.1) is 0 Å². The van der Waals surface area contributed by atoms with Gasteiger partial charge in [-0.25, -0.2) is 0 Å². The summed E-state index contributed by atoms with van der Waals surface area (Å²) in [4.78, 5) is 12.3. The lowest BCUT2D eigenvalue weighted by Gasteiger charge is -1.98. The molecule has 0 atom stereocenters. The SMILES string of the molecule is O=C(Nc1nnc(SCc2ccc(Cl)cc2)s1)c1cc2ccccc2o1. The van der Waals surface area contributed by atoms with Gasteiger partial charge in [-0.3, -0.25) is 10.1 Å². The number of nitrogens with one attached hydrogen (secondary N) is 1. The maximum absolute atomic E-state index is 12.3. The van der Waals surface area contributed by atoms with Crippen LogP contribution in [0.15, 0.2) is 63.4 Å². The number of halogens is 1. The van der Waals surface area contributed by atoms with Gasteiger partial charge in [0.15, 0.2) is 10.1 Å². The summed E-state index contributed by atoms with van der Waals surface area (Å²) < 4.78 is 6.33. The van der Waals surface area contributed by atoms with E-state index in [0.29, 0.717) is 15.7 Å². The van der Waals surface area contributed by atoms with Crippen LogP contribution in [0.1, 0.15) is 16.1 Å². The van der Waals surface area contributed by atoms with Crippen LogP contribution in [-0.2, 0) is 5.75 Å². The van der Waals surface area contributed by atoms with E-state index in [0.717, 1.165) is 21.0 Å². The van der Waals surface area contributed by atoms with E-state index in [9.17, 15) is 4.79 Å². The van der Waals surface area contributed by atoms with Crippen molar-refractivity contribution in [2.45, 2.75) is 10.1 Å². The summed E-state index contributed by atoms with van der Waals surface area (Å²) in [5, 5.41) is 12.9. The highest BCUT2D eigenvalue weighted by atomic mass is 35.5. The molecule has 0 saturated carbocycles. The Morgan fingerprint density at radius 1 is 1.15 bits per heavy atom. The molecule has 2 heterocycles. The van der Waals surface area contributed by atoms with Crippen LogP contribution in [0.4, 0.5) is 5.13 Å². The van der Waals surface area contributed by atoms with Crippen LogP contribution in [0, 0.1) is 0 Å². The Hall–Kier alpha value is -2.35. The minimum absolute atomic E-state index is 0.247. The molecule has 0 radical (unpaired) electrons. The monoisotopic (exact) mass is 401 g/mol. The van der Waals surface area contributed by atoms with E-state index in [2.05, 4.69) is 15.5 Å². The van der Waals surface area contributed by atoms with Crippen LogP contribution >= 0.6 is 34.7 Å². The van der Waals surface area contributed by atoms with Gasteiger partial charge in [0, 0.05) is 16.2 Å². The van der Waals surface area contributed by atoms with Crippen LogP contribution in [0.25, 0.3) is 11.0 Å². The van der Waals surface area contributed by atoms with E-state index in [1.165, 1.54) is 11.3 Å². The fourth-order valence-corrected chi connectivity index (χ4v) is 4.13. The zero-order valence-electron chi connectivity index (χ0n) is 13.3. The average molecular weight is 402 g/mol. The average Bonchev–Trinajstić information content (AvgIpc) is 3.28. The highest BCUT2D eigenvalue weighted by molar-refractivity contribution is 8.00. The van der Waals surface area contributed by atoms with Crippen molar-refractivity contribution in [2.24, 2.45) is 0 Å². The van der Waals surface area contributed by atoms with E-state index in [4.69, 9.17) is 16.0 Å². The van der Waals surface area contributed by atoms with Gasteiger partial charge >= 0.3 is 0 Å². The molecule has 2 aromatic carbocycles. The van der Waals surface area contributed by atoms with E-state index in [1.54, 1.807) is 17.8 Å². The fourth-order valence-electron chi connectivity index (χ4n) is 2.30. The van der Waals surface area contributed by atoms with E-state index >= 15 is 0 Å². The molecule has 0 fully saturated rings. The molecule has 1 amide bonds. The summed E-state index contributed by atoms with van der Waals surface area (Å²) in [6.07, 6.45) is 0. The highest BCUT2D eigenvalue weighted by Gasteiger charge is 2.15. The van der Waals surface area contributed by atoms with Gasteiger partial charge in [0.25, 0.3) is 5.91 Å². The number of nitrogens with zero attached hydrogens (tertiary/aromatic N) is 2.